The van der Waals surface area contributed by atoms with Gasteiger partial charge in [0.05, 0.1) is 12.2 Å². The van der Waals surface area contributed by atoms with Crippen LogP contribution in [0.2, 0.25) is 0 Å². The topological polar surface area (TPSA) is 62.7 Å². The number of aromatic nitrogens is 1. The van der Waals surface area contributed by atoms with E-state index < -0.39 is 5.97 Å². The SMILES string of the molecule is O=C(O)c1cccc(N2CCC(OC3CCCC3)CC2)n1. The maximum absolute atomic E-state index is 11.0. The molecule has 0 aromatic carbocycles. The molecule has 0 atom stereocenters. The van der Waals surface area contributed by atoms with Crippen molar-refractivity contribution in [2.45, 2.75) is 50.7 Å². The minimum Gasteiger partial charge on any atom is -0.477 e. The number of anilines is 1. The molecule has 0 unspecified atom stereocenters. The van der Waals surface area contributed by atoms with Crippen LogP contribution in [0.1, 0.15) is 49.0 Å². The summed E-state index contributed by atoms with van der Waals surface area (Å²) in [4.78, 5) is 17.3. The second kappa shape index (κ2) is 6.43. The maximum Gasteiger partial charge on any atom is 0.354 e. The molecule has 3 rings (SSSR count). The van der Waals surface area contributed by atoms with E-state index in [4.69, 9.17) is 9.84 Å². The van der Waals surface area contributed by atoms with Crippen LogP contribution in [0, 0.1) is 0 Å². The average molecular weight is 290 g/mol. The standard InChI is InChI=1S/C16H22N2O3/c19-16(20)14-6-3-7-15(17-14)18-10-8-13(9-11-18)21-12-4-1-2-5-12/h3,6-7,12-13H,1-2,4-5,8-11H2,(H,19,20). The number of aromatic carboxylic acids is 1. The molecule has 5 heteroatoms. The normalized spacial score (nSPS) is 20.9. The molecular weight excluding hydrogens is 268 g/mol. The second-order valence-electron chi connectivity index (χ2n) is 5.92. The van der Waals surface area contributed by atoms with E-state index >= 15 is 0 Å². The summed E-state index contributed by atoms with van der Waals surface area (Å²) in [6, 6.07) is 5.17. The van der Waals surface area contributed by atoms with E-state index in [0.29, 0.717) is 12.2 Å². The molecule has 0 radical (unpaired) electrons. The molecule has 1 aromatic heterocycles. The molecule has 2 fully saturated rings. The fraction of sp³-hybridized carbons (Fsp3) is 0.625. The van der Waals surface area contributed by atoms with E-state index in [-0.39, 0.29) is 5.69 Å². The predicted molar refractivity (Wildman–Crippen MR) is 79.8 cm³/mol. The molecule has 1 aliphatic carbocycles. The molecule has 2 aliphatic rings. The van der Waals surface area contributed by atoms with Crippen LogP contribution in [-0.4, -0.2) is 41.4 Å². The van der Waals surface area contributed by atoms with E-state index in [1.165, 1.54) is 31.7 Å². The molecule has 1 saturated carbocycles. The Morgan fingerprint density at radius 3 is 2.48 bits per heavy atom. The van der Waals surface area contributed by atoms with Gasteiger partial charge in [0, 0.05) is 13.1 Å². The monoisotopic (exact) mass is 290 g/mol. The van der Waals surface area contributed by atoms with Crippen molar-refractivity contribution in [3.63, 3.8) is 0 Å². The van der Waals surface area contributed by atoms with Crippen LogP contribution in [0.15, 0.2) is 18.2 Å². The summed E-state index contributed by atoms with van der Waals surface area (Å²) in [6.45, 7) is 1.76. The quantitative estimate of drug-likeness (QED) is 0.923. The molecule has 114 valence electrons. The summed E-state index contributed by atoms with van der Waals surface area (Å²) in [6.07, 6.45) is 7.84. The largest absolute Gasteiger partial charge is 0.477 e. The van der Waals surface area contributed by atoms with Crippen LogP contribution < -0.4 is 4.90 Å². The summed E-state index contributed by atoms with van der Waals surface area (Å²) >= 11 is 0. The molecule has 0 bridgehead atoms. The van der Waals surface area contributed by atoms with Crippen LogP contribution in [0.4, 0.5) is 5.82 Å². The number of carbonyl (C=O) groups is 1. The Hall–Kier alpha value is -1.62. The predicted octanol–water partition coefficient (Wildman–Crippen LogP) is 2.71. The van der Waals surface area contributed by atoms with Gasteiger partial charge in [-0.3, -0.25) is 0 Å². The number of rotatable bonds is 4. The van der Waals surface area contributed by atoms with Gasteiger partial charge in [0.15, 0.2) is 5.69 Å². The highest BCUT2D eigenvalue weighted by molar-refractivity contribution is 5.85. The van der Waals surface area contributed by atoms with E-state index in [1.54, 1.807) is 6.07 Å². The van der Waals surface area contributed by atoms with Gasteiger partial charge >= 0.3 is 5.97 Å². The van der Waals surface area contributed by atoms with Crippen molar-refractivity contribution >= 4 is 11.8 Å². The van der Waals surface area contributed by atoms with Crippen LogP contribution in [0.25, 0.3) is 0 Å². The molecule has 2 heterocycles. The zero-order valence-electron chi connectivity index (χ0n) is 12.2. The Kier molecular flexibility index (Phi) is 4.39. The first kappa shape index (κ1) is 14.3. The number of carboxylic acids is 1. The number of hydrogen-bond acceptors (Lipinski definition) is 4. The third-order valence-corrected chi connectivity index (χ3v) is 4.41. The van der Waals surface area contributed by atoms with Crippen LogP contribution >= 0.6 is 0 Å². The minimum atomic E-state index is -0.976. The van der Waals surface area contributed by atoms with Gasteiger partial charge in [-0.2, -0.15) is 0 Å². The molecule has 1 saturated heterocycles. The van der Waals surface area contributed by atoms with Crippen LogP contribution in [0.3, 0.4) is 0 Å². The van der Waals surface area contributed by atoms with Gasteiger partial charge < -0.3 is 14.7 Å². The lowest BCUT2D eigenvalue weighted by Gasteiger charge is -2.34. The van der Waals surface area contributed by atoms with Crippen molar-refractivity contribution in [3.8, 4) is 0 Å². The Morgan fingerprint density at radius 2 is 1.81 bits per heavy atom. The third kappa shape index (κ3) is 3.53. The number of ether oxygens (including phenoxy) is 1. The molecule has 5 nitrogen and oxygen atoms in total. The first-order chi connectivity index (χ1) is 10.2. The Morgan fingerprint density at radius 1 is 1.14 bits per heavy atom. The van der Waals surface area contributed by atoms with E-state index in [1.807, 2.05) is 6.07 Å². The summed E-state index contributed by atoms with van der Waals surface area (Å²) in [7, 11) is 0. The molecule has 0 amide bonds. The fourth-order valence-electron chi connectivity index (χ4n) is 3.24. The Balaban J connectivity index is 1.55. The van der Waals surface area contributed by atoms with Crippen LogP contribution in [0.5, 0.6) is 0 Å². The van der Waals surface area contributed by atoms with Gasteiger partial charge in [-0.15, -0.1) is 0 Å². The number of piperidine rings is 1. The summed E-state index contributed by atoms with van der Waals surface area (Å²) in [5, 5.41) is 9.01. The Labute approximate surface area is 124 Å². The first-order valence-corrected chi connectivity index (χ1v) is 7.83. The molecule has 21 heavy (non-hydrogen) atoms. The highest BCUT2D eigenvalue weighted by atomic mass is 16.5. The van der Waals surface area contributed by atoms with Gasteiger partial charge in [0.25, 0.3) is 0 Å². The van der Waals surface area contributed by atoms with Gasteiger partial charge in [-0.05, 0) is 37.8 Å². The second-order valence-corrected chi connectivity index (χ2v) is 5.92. The molecular formula is C16H22N2O3. The maximum atomic E-state index is 11.0. The Bertz CT molecular complexity index is 492. The molecule has 1 aliphatic heterocycles. The number of carboxylic acid groups (broad SMARTS) is 1. The van der Waals surface area contributed by atoms with Crippen molar-refractivity contribution in [2.75, 3.05) is 18.0 Å². The smallest absolute Gasteiger partial charge is 0.354 e. The number of nitrogens with zero attached hydrogens (tertiary/aromatic N) is 2. The lowest BCUT2D eigenvalue weighted by atomic mass is 10.1. The van der Waals surface area contributed by atoms with Gasteiger partial charge in [0.1, 0.15) is 5.82 Å². The van der Waals surface area contributed by atoms with Crippen molar-refractivity contribution < 1.29 is 14.6 Å². The molecule has 1 aromatic rings. The zero-order valence-corrected chi connectivity index (χ0v) is 12.2. The van der Waals surface area contributed by atoms with Crippen molar-refractivity contribution in [2.24, 2.45) is 0 Å². The zero-order chi connectivity index (χ0) is 14.7. The van der Waals surface area contributed by atoms with Crippen molar-refractivity contribution in [1.29, 1.82) is 0 Å². The van der Waals surface area contributed by atoms with E-state index in [9.17, 15) is 4.79 Å². The first-order valence-electron chi connectivity index (χ1n) is 7.83. The van der Waals surface area contributed by atoms with E-state index in [2.05, 4.69) is 9.88 Å². The summed E-state index contributed by atoms with van der Waals surface area (Å²) in [5.74, 6) is -0.217. The molecule has 1 N–H and O–H groups in total. The van der Waals surface area contributed by atoms with Crippen molar-refractivity contribution in [3.05, 3.63) is 23.9 Å². The number of pyridine rings is 1. The number of hydrogen-bond donors (Lipinski definition) is 1. The lowest BCUT2D eigenvalue weighted by Crippen LogP contribution is -2.38. The summed E-state index contributed by atoms with van der Waals surface area (Å²) < 4.78 is 6.16. The van der Waals surface area contributed by atoms with Crippen molar-refractivity contribution in [1.82, 2.24) is 4.98 Å². The van der Waals surface area contributed by atoms with Gasteiger partial charge in [-0.1, -0.05) is 18.9 Å². The minimum absolute atomic E-state index is 0.108. The van der Waals surface area contributed by atoms with Crippen LogP contribution in [-0.2, 0) is 4.74 Å². The van der Waals surface area contributed by atoms with Gasteiger partial charge in [0.2, 0.25) is 0 Å². The van der Waals surface area contributed by atoms with Gasteiger partial charge in [-0.25, -0.2) is 9.78 Å². The van der Waals surface area contributed by atoms with E-state index in [0.717, 1.165) is 31.7 Å². The summed E-state index contributed by atoms with van der Waals surface area (Å²) in [5.41, 5.74) is 0.108. The highest BCUT2D eigenvalue weighted by Crippen LogP contribution is 2.26. The third-order valence-electron chi connectivity index (χ3n) is 4.41. The lowest BCUT2D eigenvalue weighted by molar-refractivity contribution is -0.0195. The highest BCUT2D eigenvalue weighted by Gasteiger charge is 2.25. The fourth-order valence-corrected chi connectivity index (χ4v) is 3.24. The molecule has 0 spiro atoms. The average Bonchev–Trinajstić information content (AvgIpc) is 3.01.